The maximum atomic E-state index is 12.7. The van der Waals surface area contributed by atoms with E-state index in [1.54, 1.807) is 6.33 Å². The van der Waals surface area contributed by atoms with Crippen LogP contribution in [0.25, 0.3) is 5.78 Å². The van der Waals surface area contributed by atoms with E-state index < -0.39 is 0 Å². The predicted octanol–water partition coefficient (Wildman–Crippen LogP) is 1.98. The molecule has 0 spiro atoms. The summed E-state index contributed by atoms with van der Waals surface area (Å²) < 4.78 is 7.37. The predicted molar refractivity (Wildman–Crippen MR) is 110 cm³/mol. The number of nitrogens with zero attached hydrogens (tertiary/aromatic N) is 6. The molecule has 152 valence electrons. The molecule has 8 nitrogen and oxygen atoms in total. The van der Waals surface area contributed by atoms with Gasteiger partial charge in [-0.3, -0.25) is 9.20 Å². The van der Waals surface area contributed by atoms with E-state index in [9.17, 15) is 4.79 Å². The summed E-state index contributed by atoms with van der Waals surface area (Å²) >= 11 is 0. The average molecular weight is 394 g/mol. The second-order valence-electron chi connectivity index (χ2n) is 7.08. The largest absolute Gasteiger partial charge is 0.494 e. The topological polar surface area (TPSA) is 75.9 Å². The van der Waals surface area contributed by atoms with Gasteiger partial charge in [-0.05, 0) is 31.0 Å². The first-order valence-corrected chi connectivity index (χ1v) is 10.1. The Morgan fingerprint density at radius 2 is 1.86 bits per heavy atom. The van der Waals surface area contributed by atoms with Gasteiger partial charge in [0.25, 0.3) is 5.78 Å². The van der Waals surface area contributed by atoms with Gasteiger partial charge in [0.05, 0.1) is 13.0 Å². The van der Waals surface area contributed by atoms with Crippen molar-refractivity contribution in [2.45, 2.75) is 26.7 Å². The molecule has 3 aromatic rings. The first kappa shape index (κ1) is 19.2. The summed E-state index contributed by atoms with van der Waals surface area (Å²) in [4.78, 5) is 21.5. The van der Waals surface area contributed by atoms with Crippen molar-refractivity contribution in [2.24, 2.45) is 0 Å². The van der Waals surface area contributed by atoms with Crippen molar-refractivity contribution < 1.29 is 9.53 Å². The molecule has 8 heteroatoms. The van der Waals surface area contributed by atoms with Gasteiger partial charge in [0.2, 0.25) is 5.91 Å². The number of carbonyl (C=O) groups excluding carboxylic acids is 1. The maximum absolute atomic E-state index is 12.7. The lowest BCUT2D eigenvalue weighted by atomic mass is 10.1. The van der Waals surface area contributed by atoms with Crippen LogP contribution in [0.1, 0.15) is 25.1 Å². The molecule has 2 aromatic heterocycles. The van der Waals surface area contributed by atoms with Gasteiger partial charge in [-0.25, -0.2) is 0 Å². The van der Waals surface area contributed by atoms with Crippen molar-refractivity contribution in [2.75, 3.05) is 37.7 Å². The number of ether oxygens (including phenoxy) is 1. The summed E-state index contributed by atoms with van der Waals surface area (Å²) in [5, 5.41) is 8.05. The molecule has 0 saturated carbocycles. The van der Waals surface area contributed by atoms with E-state index >= 15 is 0 Å². The second-order valence-corrected chi connectivity index (χ2v) is 7.08. The molecule has 1 saturated heterocycles. The molecule has 0 atom stereocenters. The number of piperazine rings is 1. The summed E-state index contributed by atoms with van der Waals surface area (Å²) in [6, 6.07) is 9.85. The van der Waals surface area contributed by atoms with Gasteiger partial charge in [-0.15, -0.1) is 10.2 Å². The Labute approximate surface area is 170 Å². The monoisotopic (exact) mass is 394 g/mol. The van der Waals surface area contributed by atoms with Crippen LogP contribution in [0.5, 0.6) is 5.75 Å². The first-order valence-electron chi connectivity index (χ1n) is 10.1. The molecular weight excluding hydrogens is 368 g/mol. The Bertz CT molecular complexity index is 977. The van der Waals surface area contributed by atoms with Gasteiger partial charge in [-0.1, -0.05) is 19.1 Å². The Morgan fingerprint density at radius 3 is 2.55 bits per heavy atom. The smallest absolute Gasteiger partial charge is 0.256 e. The highest BCUT2D eigenvalue weighted by Crippen LogP contribution is 2.18. The van der Waals surface area contributed by atoms with Crippen molar-refractivity contribution in [3.63, 3.8) is 0 Å². The lowest BCUT2D eigenvalue weighted by Crippen LogP contribution is -2.49. The van der Waals surface area contributed by atoms with Crippen LogP contribution < -0.4 is 9.64 Å². The van der Waals surface area contributed by atoms with Crippen LogP contribution in [-0.4, -0.2) is 63.2 Å². The second kappa shape index (κ2) is 8.46. The van der Waals surface area contributed by atoms with E-state index in [1.165, 1.54) is 0 Å². The van der Waals surface area contributed by atoms with Gasteiger partial charge in [0.15, 0.2) is 0 Å². The fourth-order valence-corrected chi connectivity index (χ4v) is 3.64. The zero-order valence-electron chi connectivity index (χ0n) is 16.9. The van der Waals surface area contributed by atoms with E-state index in [2.05, 4.69) is 33.1 Å². The molecule has 3 heterocycles. The fourth-order valence-electron chi connectivity index (χ4n) is 3.64. The summed E-state index contributed by atoms with van der Waals surface area (Å²) in [6.07, 6.45) is 2.99. The minimum Gasteiger partial charge on any atom is -0.494 e. The lowest BCUT2D eigenvalue weighted by Gasteiger charge is -2.35. The molecule has 1 aliphatic rings. The van der Waals surface area contributed by atoms with Crippen molar-refractivity contribution in [3.8, 4) is 5.75 Å². The van der Waals surface area contributed by atoms with Gasteiger partial charge in [0, 0.05) is 37.9 Å². The zero-order valence-corrected chi connectivity index (χ0v) is 16.9. The third-order valence-corrected chi connectivity index (χ3v) is 5.26. The number of aryl methyl sites for hydroxylation is 1. The minimum absolute atomic E-state index is 0.156. The lowest BCUT2D eigenvalue weighted by molar-refractivity contribution is -0.130. The number of hydrogen-bond acceptors (Lipinski definition) is 6. The van der Waals surface area contributed by atoms with Gasteiger partial charge in [-0.2, -0.15) is 4.98 Å². The van der Waals surface area contributed by atoms with Crippen LogP contribution in [0.2, 0.25) is 0 Å². The Hall–Kier alpha value is -3.16. The van der Waals surface area contributed by atoms with E-state index in [1.807, 2.05) is 40.5 Å². The van der Waals surface area contributed by atoms with Crippen molar-refractivity contribution >= 4 is 17.5 Å². The number of benzene rings is 1. The quantitative estimate of drug-likeness (QED) is 0.636. The van der Waals surface area contributed by atoms with E-state index in [0.717, 1.165) is 42.3 Å². The van der Waals surface area contributed by atoms with Crippen LogP contribution >= 0.6 is 0 Å². The summed E-state index contributed by atoms with van der Waals surface area (Å²) in [7, 11) is 0. The summed E-state index contributed by atoms with van der Waals surface area (Å²) in [5.41, 5.74) is 2.14. The van der Waals surface area contributed by atoms with Gasteiger partial charge in [0.1, 0.15) is 17.9 Å². The molecule has 4 rings (SSSR count). The standard InChI is InChI=1S/C21H26N6O2/c1-3-17-14-19(23-21-24-22-15-27(17)21)25-9-11-26(12-10-25)20(28)13-16-5-7-18(8-6-16)29-4-2/h5-8,14-15H,3-4,9-13H2,1-2H3. The molecule has 1 fully saturated rings. The van der Waals surface area contributed by atoms with Crippen molar-refractivity contribution in [3.05, 3.63) is 47.9 Å². The molecule has 1 aliphatic heterocycles. The van der Waals surface area contributed by atoms with E-state index in [4.69, 9.17) is 4.74 Å². The molecule has 1 aromatic carbocycles. The SMILES string of the molecule is CCOc1ccc(CC(=O)N2CCN(c3cc(CC)n4cnnc4n3)CC2)cc1. The molecule has 0 bridgehead atoms. The summed E-state index contributed by atoms with van der Waals surface area (Å²) in [6.45, 7) is 7.61. The van der Waals surface area contributed by atoms with Crippen LogP contribution in [0.15, 0.2) is 36.7 Å². The van der Waals surface area contributed by atoms with Crippen LogP contribution in [-0.2, 0) is 17.6 Å². The van der Waals surface area contributed by atoms with E-state index in [0.29, 0.717) is 31.9 Å². The van der Waals surface area contributed by atoms with Gasteiger partial charge < -0.3 is 14.5 Å². The van der Waals surface area contributed by atoms with Gasteiger partial charge >= 0.3 is 0 Å². The average Bonchev–Trinajstić information content (AvgIpc) is 3.23. The van der Waals surface area contributed by atoms with Crippen molar-refractivity contribution in [1.29, 1.82) is 0 Å². The third kappa shape index (κ3) is 4.16. The molecule has 0 aliphatic carbocycles. The zero-order chi connectivity index (χ0) is 20.2. The molecular formula is C21H26N6O2. The number of anilines is 1. The highest BCUT2D eigenvalue weighted by molar-refractivity contribution is 5.79. The number of aromatic nitrogens is 4. The Balaban J connectivity index is 1.37. The molecule has 0 unspecified atom stereocenters. The number of hydrogen-bond donors (Lipinski definition) is 0. The van der Waals surface area contributed by atoms with Crippen LogP contribution in [0.3, 0.4) is 0 Å². The first-order chi connectivity index (χ1) is 14.2. The molecule has 0 radical (unpaired) electrons. The minimum atomic E-state index is 0.156. The number of carbonyl (C=O) groups is 1. The van der Waals surface area contributed by atoms with Crippen LogP contribution in [0, 0.1) is 0 Å². The highest BCUT2D eigenvalue weighted by atomic mass is 16.5. The number of rotatable bonds is 6. The maximum Gasteiger partial charge on any atom is 0.256 e. The highest BCUT2D eigenvalue weighted by Gasteiger charge is 2.23. The molecule has 1 amide bonds. The Morgan fingerprint density at radius 1 is 1.10 bits per heavy atom. The Kier molecular flexibility index (Phi) is 5.59. The molecule has 0 N–H and O–H groups in total. The summed E-state index contributed by atoms with van der Waals surface area (Å²) in [5.74, 6) is 2.51. The number of amides is 1. The fraction of sp³-hybridized carbons (Fsp3) is 0.429. The third-order valence-electron chi connectivity index (χ3n) is 5.26. The van der Waals surface area contributed by atoms with Crippen molar-refractivity contribution in [1.82, 2.24) is 24.5 Å². The van der Waals surface area contributed by atoms with E-state index in [-0.39, 0.29) is 5.91 Å². The number of fused-ring (bicyclic) bond motifs is 1. The normalized spacial score (nSPS) is 14.4. The molecule has 29 heavy (non-hydrogen) atoms. The van der Waals surface area contributed by atoms with Crippen LogP contribution in [0.4, 0.5) is 5.82 Å².